The van der Waals surface area contributed by atoms with Crippen LogP contribution in [-0.2, 0) is 4.79 Å². The molecule has 0 saturated carbocycles. The highest BCUT2D eigenvalue weighted by molar-refractivity contribution is 5.77. The van der Waals surface area contributed by atoms with Gasteiger partial charge in [-0.15, -0.1) is 0 Å². The number of hydrogen-bond donors (Lipinski definition) is 1. The Kier molecular flexibility index (Phi) is 5.18. The van der Waals surface area contributed by atoms with E-state index in [1.165, 1.54) is 6.42 Å². The van der Waals surface area contributed by atoms with Gasteiger partial charge in [-0.05, 0) is 45.1 Å². The molecule has 110 valence electrons. The first kappa shape index (κ1) is 15.0. The third kappa shape index (κ3) is 3.60. The number of nitrogens with two attached hydrogens (primary N) is 1. The third-order valence-corrected chi connectivity index (χ3v) is 4.38. The van der Waals surface area contributed by atoms with E-state index in [4.69, 9.17) is 5.73 Å². The Labute approximate surface area is 122 Å². The van der Waals surface area contributed by atoms with Crippen LogP contribution >= 0.6 is 0 Å². The van der Waals surface area contributed by atoms with Crippen LogP contribution in [0.1, 0.15) is 57.6 Å². The number of rotatable bonds is 4. The smallest absolute Gasteiger partial charge is 0.223 e. The molecule has 1 heterocycles. The predicted octanol–water partition coefficient (Wildman–Crippen LogP) is 3.26. The fourth-order valence-corrected chi connectivity index (χ4v) is 3.19. The van der Waals surface area contributed by atoms with Crippen molar-refractivity contribution in [1.82, 2.24) is 4.90 Å². The predicted molar refractivity (Wildman–Crippen MR) is 82.2 cm³/mol. The third-order valence-electron chi connectivity index (χ3n) is 4.38. The van der Waals surface area contributed by atoms with Gasteiger partial charge in [0.2, 0.25) is 5.91 Å². The number of amides is 1. The SMILES string of the molecule is C[C@@H]1CCC[C@H](C)N1C(=O)CCC(N)c1ccccc1. The summed E-state index contributed by atoms with van der Waals surface area (Å²) in [5.74, 6) is 0.260. The second-order valence-corrected chi connectivity index (χ2v) is 5.99. The van der Waals surface area contributed by atoms with Gasteiger partial charge in [-0.1, -0.05) is 30.3 Å². The molecule has 3 nitrogen and oxygen atoms in total. The minimum atomic E-state index is -0.0458. The molecule has 0 spiro atoms. The maximum Gasteiger partial charge on any atom is 0.223 e. The van der Waals surface area contributed by atoms with Crippen LogP contribution in [0.15, 0.2) is 30.3 Å². The Morgan fingerprint density at radius 3 is 2.45 bits per heavy atom. The number of carbonyl (C=O) groups excluding carboxylic acids is 1. The van der Waals surface area contributed by atoms with Gasteiger partial charge in [-0.25, -0.2) is 0 Å². The topological polar surface area (TPSA) is 46.3 Å². The molecule has 0 aromatic heterocycles. The number of hydrogen-bond acceptors (Lipinski definition) is 2. The second-order valence-electron chi connectivity index (χ2n) is 5.99. The largest absolute Gasteiger partial charge is 0.337 e. The lowest BCUT2D eigenvalue weighted by Gasteiger charge is -2.39. The average molecular weight is 274 g/mol. The summed E-state index contributed by atoms with van der Waals surface area (Å²) in [4.78, 5) is 14.5. The van der Waals surface area contributed by atoms with E-state index >= 15 is 0 Å². The molecule has 0 radical (unpaired) electrons. The second kappa shape index (κ2) is 6.89. The molecular weight excluding hydrogens is 248 g/mol. The Bertz CT molecular complexity index is 422. The summed E-state index contributed by atoms with van der Waals surface area (Å²) in [6, 6.07) is 10.7. The van der Waals surface area contributed by atoms with Gasteiger partial charge >= 0.3 is 0 Å². The van der Waals surface area contributed by atoms with Gasteiger partial charge in [-0.2, -0.15) is 0 Å². The number of carbonyl (C=O) groups is 1. The summed E-state index contributed by atoms with van der Waals surface area (Å²) >= 11 is 0. The van der Waals surface area contributed by atoms with E-state index in [0.717, 1.165) is 24.8 Å². The first-order chi connectivity index (χ1) is 9.59. The van der Waals surface area contributed by atoms with Crippen LogP contribution in [0.5, 0.6) is 0 Å². The van der Waals surface area contributed by atoms with Crippen LogP contribution in [0.25, 0.3) is 0 Å². The molecule has 1 saturated heterocycles. The number of nitrogens with zero attached hydrogens (tertiary/aromatic N) is 1. The van der Waals surface area contributed by atoms with Crippen molar-refractivity contribution < 1.29 is 4.79 Å². The highest BCUT2D eigenvalue weighted by Crippen LogP contribution is 2.24. The molecular formula is C17H26N2O. The van der Waals surface area contributed by atoms with Gasteiger partial charge in [0.05, 0.1) is 0 Å². The van der Waals surface area contributed by atoms with Gasteiger partial charge in [-0.3, -0.25) is 4.79 Å². The lowest BCUT2D eigenvalue weighted by Crippen LogP contribution is -2.47. The molecule has 2 rings (SSSR count). The van der Waals surface area contributed by atoms with Gasteiger partial charge in [0.15, 0.2) is 0 Å². The molecule has 0 bridgehead atoms. The Morgan fingerprint density at radius 2 is 1.85 bits per heavy atom. The van der Waals surface area contributed by atoms with E-state index in [0.29, 0.717) is 18.5 Å². The highest BCUT2D eigenvalue weighted by Gasteiger charge is 2.28. The number of benzene rings is 1. The van der Waals surface area contributed by atoms with Crippen LogP contribution in [0.2, 0.25) is 0 Å². The molecule has 1 fully saturated rings. The molecule has 0 aliphatic carbocycles. The van der Waals surface area contributed by atoms with E-state index in [-0.39, 0.29) is 11.9 Å². The van der Waals surface area contributed by atoms with Crippen molar-refractivity contribution in [3.63, 3.8) is 0 Å². The van der Waals surface area contributed by atoms with E-state index in [1.807, 2.05) is 30.3 Å². The quantitative estimate of drug-likeness (QED) is 0.916. The molecule has 3 heteroatoms. The van der Waals surface area contributed by atoms with Gasteiger partial charge in [0, 0.05) is 24.5 Å². The fourth-order valence-electron chi connectivity index (χ4n) is 3.19. The fraction of sp³-hybridized carbons (Fsp3) is 0.588. The lowest BCUT2D eigenvalue weighted by molar-refractivity contribution is -0.137. The van der Waals surface area contributed by atoms with E-state index in [2.05, 4.69) is 18.7 Å². The van der Waals surface area contributed by atoms with Crippen LogP contribution in [-0.4, -0.2) is 22.9 Å². The van der Waals surface area contributed by atoms with Gasteiger partial charge < -0.3 is 10.6 Å². The molecule has 20 heavy (non-hydrogen) atoms. The van der Waals surface area contributed by atoms with Crippen LogP contribution in [0.4, 0.5) is 0 Å². The number of piperidine rings is 1. The monoisotopic (exact) mass is 274 g/mol. The summed E-state index contributed by atoms with van der Waals surface area (Å²) in [7, 11) is 0. The van der Waals surface area contributed by atoms with E-state index < -0.39 is 0 Å². The van der Waals surface area contributed by atoms with Crippen LogP contribution < -0.4 is 5.73 Å². The lowest BCUT2D eigenvalue weighted by atomic mass is 9.96. The summed E-state index contributed by atoms with van der Waals surface area (Å²) in [5, 5.41) is 0. The standard InChI is InChI=1S/C17H26N2O/c1-13-7-6-8-14(2)19(13)17(20)12-11-16(18)15-9-4-3-5-10-15/h3-5,9-10,13-14,16H,6-8,11-12,18H2,1-2H3/t13-,14+,16?. The molecule has 1 amide bonds. The summed E-state index contributed by atoms with van der Waals surface area (Å²) < 4.78 is 0. The Balaban J connectivity index is 1.88. The summed E-state index contributed by atoms with van der Waals surface area (Å²) in [5.41, 5.74) is 7.28. The van der Waals surface area contributed by atoms with Crippen molar-refractivity contribution in [2.24, 2.45) is 5.73 Å². The van der Waals surface area contributed by atoms with Crippen molar-refractivity contribution in [1.29, 1.82) is 0 Å². The molecule has 3 atom stereocenters. The Hall–Kier alpha value is -1.35. The zero-order valence-corrected chi connectivity index (χ0v) is 12.6. The normalized spacial score (nSPS) is 24.4. The zero-order chi connectivity index (χ0) is 14.5. The van der Waals surface area contributed by atoms with E-state index in [1.54, 1.807) is 0 Å². The van der Waals surface area contributed by atoms with Gasteiger partial charge in [0.25, 0.3) is 0 Å². The van der Waals surface area contributed by atoms with Crippen molar-refractivity contribution >= 4 is 5.91 Å². The zero-order valence-electron chi connectivity index (χ0n) is 12.6. The molecule has 1 aromatic carbocycles. The molecule has 1 unspecified atom stereocenters. The maximum absolute atomic E-state index is 12.4. The molecule has 1 aliphatic rings. The first-order valence-corrected chi connectivity index (χ1v) is 7.71. The van der Waals surface area contributed by atoms with Crippen molar-refractivity contribution in [2.75, 3.05) is 0 Å². The van der Waals surface area contributed by atoms with Crippen molar-refractivity contribution in [2.45, 2.75) is 64.1 Å². The first-order valence-electron chi connectivity index (χ1n) is 7.71. The minimum absolute atomic E-state index is 0.0458. The van der Waals surface area contributed by atoms with Crippen molar-refractivity contribution in [3.05, 3.63) is 35.9 Å². The number of likely N-dealkylation sites (tertiary alicyclic amines) is 1. The summed E-state index contributed by atoms with van der Waals surface area (Å²) in [6.07, 6.45) is 4.75. The maximum atomic E-state index is 12.4. The van der Waals surface area contributed by atoms with Gasteiger partial charge in [0.1, 0.15) is 0 Å². The molecule has 1 aliphatic heterocycles. The van der Waals surface area contributed by atoms with Crippen LogP contribution in [0, 0.1) is 0 Å². The molecule has 1 aromatic rings. The minimum Gasteiger partial charge on any atom is -0.337 e. The van der Waals surface area contributed by atoms with E-state index in [9.17, 15) is 4.79 Å². The summed E-state index contributed by atoms with van der Waals surface area (Å²) in [6.45, 7) is 4.31. The van der Waals surface area contributed by atoms with Crippen molar-refractivity contribution in [3.8, 4) is 0 Å². The average Bonchev–Trinajstić information content (AvgIpc) is 2.45. The van der Waals surface area contributed by atoms with Crippen LogP contribution in [0.3, 0.4) is 0 Å². The highest BCUT2D eigenvalue weighted by atomic mass is 16.2. The Morgan fingerprint density at radius 1 is 1.25 bits per heavy atom. The molecule has 2 N–H and O–H groups in total.